The summed E-state index contributed by atoms with van der Waals surface area (Å²) >= 11 is 0. The molecular formula is C16H26N3O2+. The minimum absolute atomic E-state index is 0.0161. The molecule has 1 unspecified atom stereocenters. The van der Waals surface area contributed by atoms with Crippen molar-refractivity contribution in [2.75, 3.05) is 31.6 Å². The van der Waals surface area contributed by atoms with Gasteiger partial charge >= 0.3 is 0 Å². The third-order valence-electron chi connectivity index (χ3n) is 3.67. The van der Waals surface area contributed by atoms with Crippen LogP contribution in [0, 0.1) is 0 Å². The Morgan fingerprint density at radius 3 is 2.38 bits per heavy atom. The Hall–Kier alpha value is -1.88. The molecule has 2 atom stereocenters. The third-order valence-corrected chi connectivity index (χ3v) is 3.67. The highest BCUT2D eigenvalue weighted by molar-refractivity contribution is 5.95. The molecule has 2 N–H and O–H groups in total. The molecule has 1 aromatic carbocycles. The number of benzene rings is 1. The highest BCUT2D eigenvalue weighted by atomic mass is 16.2. The van der Waals surface area contributed by atoms with Gasteiger partial charge in [-0.25, -0.2) is 0 Å². The zero-order chi connectivity index (χ0) is 15.8. The van der Waals surface area contributed by atoms with Crippen LogP contribution in [0.1, 0.15) is 20.8 Å². The monoisotopic (exact) mass is 292 g/mol. The molecule has 0 fully saturated rings. The molecule has 5 nitrogen and oxygen atoms in total. The normalized spacial score (nSPS) is 13.3. The van der Waals surface area contributed by atoms with Crippen LogP contribution >= 0.6 is 0 Å². The van der Waals surface area contributed by atoms with Crippen molar-refractivity contribution in [2.24, 2.45) is 0 Å². The van der Waals surface area contributed by atoms with Crippen LogP contribution in [0.5, 0.6) is 0 Å². The Labute approximate surface area is 126 Å². The van der Waals surface area contributed by atoms with E-state index in [0.29, 0.717) is 13.1 Å². The second-order valence-corrected chi connectivity index (χ2v) is 5.10. The van der Waals surface area contributed by atoms with Gasteiger partial charge in [0.1, 0.15) is 0 Å². The van der Waals surface area contributed by atoms with Crippen molar-refractivity contribution >= 4 is 17.5 Å². The maximum absolute atomic E-state index is 12.6. The van der Waals surface area contributed by atoms with Crippen molar-refractivity contribution in [3.63, 3.8) is 0 Å². The van der Waals surface area contributed by atoms with Crippen LogP contribution < -0.4 is 15.1 Å². The summed E-state index contributed by atoms with van der Waals surface area (Å²) in [7, 11) is 1.77. The van der Waals surface area contributed by atoms with Gasteiger partial charge in [-0.3, -0.25) is 9.59 Å². The summed E-state index contributed by atoms with van der Waals surface area (Å²) in [4.78, 5) is 26.9. The van der Waals surface area contributed by atoms with Crippen LogP contribution in [0.4, 0.5) is 5.69 Å². The van der Waals surface area contributed by atoms with Crippen LogP contribution in [0.3, 0.4) is 0 Å². The zero-order valence-corrected chi connectivity index (χ0v) is 13.3. The first-order valence-electron chi connectivity index (χ1n) is 7.45. The number of quaternary nitrogens is 1. The molecule has 0 aliphatic carbocycles. The van der Waals surface area contributed by atoms with Gasteiger partial charge in [-0.2, -0.15) is 0 Å². The molecule has 1 aromatic rings. The lowest BCUT2D eigenvalue weighted by Gasteiger charge is -2.27. The van der Waals surface area contributed by atoms with E-state index in [1.807, 2.05) is 51.1 Å². The van der Waals surface area contributed by atoms with E-state index < -0.39 is 0 Å². The summed E-state index contributed by atoms with van der Waals surface area (Å²) in [6.45, 7) is 7.41. The maximum Gasteiger partial charge on any atom is 0.284 e. The predicted octanol–water partition coefficient (Wildman–Crippen LogP) is 0.0788. The molecule has 0 heterocycles. The number of nitrogens with zero attached hydrogens (tertiary/aromatic N) is 1. The number of rotatable bonds is 7. The summed E-state index contributed by atoms with van der Waals surface area (Å²) < 4.78 is 0. The highest BCUT2D eigenvalue weighted by Gasteiger charge is 2.28. The van der Waals surface area contributed by atoms with Crippen molar-refractivity contribution in [1.82, 2.24) is 5.32 Å². The van der Waals surface area contributed by atoms with Gasteiger partial charge in [0.2, 0.25) is 0 Å². The number of carbonyl (C=O) groups excluding carboxylic acids is 2. The average molecular weight is 292 g/mol. The summed E-state index contributed by atoms with van der Waals surface area (Å²) in [5.74, 6) is -0.00119. The van der Waals surface area contributed by atoms with E-state index in [1.54, 1.807) is 11.9 Å². The second-order valence-electron chi connectivity index (χ2n) is 5.10. The Bertz CT molecular complexity index is 462. The lowest BCUT2D eigenvalue weighted by Crippen LogP contribution is -3.17. The van der Waals surface area contributed by atoms with Crippen LogP contribution in [0.2, 0.25) is 0 Å². The van der Waals surface area contributed by atoms with Gasteiger partial charge < -0.3 is 15.1 Å². The topological polar surface area (TPSA) is 53.9 Å². The highest BCUT2D eigenvalue weighted by Crippen LogP contribution is 2.11. The third kappa shape index (κ3) is 4.86. The van der Waals surface area contributed by atoms with Crippen LogP contribution in [0.25, 0.3) is 0 Å². The number of hydrogen-bond acceptors (Lipinski definition) is 2. The maximum atomic E-state index is 12.6. The van der Waals surface area contributed by atoms with Crippen molar-refractivity contribution < 1.29 is 14.5 Å². The summed E-state index contributed by atoms with van der Waals surface area (Å²) in [5.41, 5.74) is 0.864. The van der Waals surface area contributed by atoms with Crippen molar-refractivity contribution in [2.45, 2.75) is 26.8 Å². The van der Waals surface area contributed by atoms with Crippen molar-refractivity contribution in [3.05, 3.63) is 30.3 Å². The molecule has 2 amide bonds. The fraction of sp³-hybridized carbons (Fsp3) is 0.500. The van der Waals surface area contributed by atoms with Crippen LogP contribution in [0.15, 0.2) is 30.3 Å². The lowest BCUT2D eigenvalue weighted by molar-refractivity contribution is -0.904. The summed E-state index contributed by atoms with van der Waals surface area (Å²) in [6, 6.07) is 9.28. The quantitative estimate of drug-likeness (QED) is 0.748. The number of amides is 2. The molecular weight excluding hydrogens is 266 g/mol. The molecule has 116 valence electrons. The largest absolute Gasteiger partial charge is 0.351 e. The molecule has 0 bridgehead atoms. The van der Waals surface area contributed by atoms with Gasteiger partial charge in [0.25, 0.3) is 11.8 Å². The SMILES string of the molecule is CCNC(=O)C[NH+](CC)[C@H](C)C(=O)N(C)c1ccccc1. The van der Waals surface area contributed by atoms with E-state index in [-0.39, 0.29) is 17.9 Å². The molecule has 0 aromatic heterocycles. The summed E-state index contributed by atoms with van der Waals surface area (Å²) in [5, 5.41) is 2.78. The van der Waals surface area contributed by atoms with Crippen molar-refractivity contribution in [3.8, 4) is 0 Å². The number of hydrogen-bond donors (Lipinski definition) is 2. The van der Waals surface area contributed by atoms with E-state index in [9.17, 15) is 9.59 Å². The molecule has 0 aliphatic rings. The number of anilines is 1. The molecule has 5 heteroatoms. The molecule has 0 spiro atoms. The van der Waals surface area contributed by atoms with Gasteiger partial charge in [-0.05, 0) is 32.9 Å². The molecule has 0 aliphatic heterocycles. The number of likely N-dealkylation sites (N-methyl/N-ethyl adjacent to an activating group) is 3. The van der Waals surface area contributed by atoms with Gasteiger partial charge in [0.15, 0.2) is 12.6 Å². The molecule has 1 rings (SSSR count). The van der Waals surface area contributed by atoms with Gasteiger partial charge in [0, 0.05) is 19.3 Å². The number of carbonyl (C=O) groups is 2. The Morgan fingerprint density at radius 2 is 1.86 bits per heavy atom. The first kappa shape index (κ1) is 17.2. The fourth-order valence-electron chi connectivity index (χ4n) is 2.29. The first-order chi connectivity index (χ1) is 10.0. The Balaban J connectivity index is 2.72. The molecule has 0 radical (unpaired) electrons. The Kier molecular flexibility index (Phi) is 6.88. The second kappa shape index (κ2) is 8.42. The van der Waals surface area contributed by atoms with Crippen molar-refractivity contribution in [1.29, 1.82) is 0 Å². The summed E-state index contributed by atoms with van der Waals surface area (Å²) in [6.07, 6.45) is 0. The van der Waals surface area contributed by atoms with E-state index in [4.69, 9.17) is 0 Å². The Morgan fingerprint density at radius 1 is 1.24 bits per heavy atom. The van der Waals surface area contributed by atoms with Gasteiger partial charge in [0.05, 0.1) is 6.54 Å². The number of nitrogens with one attached hydrogen (secondary N) is 2. The zero-order valence-electron chi connectivity index (χ0n) is 13.3. The minimum atomic E-state index is -0.261. The lowest BCUT2D eigenvalue weighted by atomic mass is 10.2. The van der Waals surface area contributed by atoms with Gasteiger partial charge in [-0.15, -0.1) is 0 Å². The molecule has 0 saturated carbocycles. The van der Waals surface area contributed by atoms with E-state index in [1.165, 1.54) is 0 Å². The fourth-order valence-corrected chi connectivity index (χ4v) is 2.29. The van der Waals surface area contributed by atoms with Crippen LogP contribution in [-0.4, -0.2) is 44.5 Å². The minimum Gasteiger partial charge on any atom is -0.351 e. The number of para-hydroxylation sites is 1. The van der Waals surface area contributed by atoms with E-state index >= 15 is 0 Å². The molecule has 21 heavy (non-hydrogen) atoms. The first-order valence-corrected chi connectivity index (χ1v) is 7.45. The standard InChI is InChI=1S/C16H25N3O2/c1-5-17-15(20)12-19(6-2)13(3)16(21)18(4)14-10-8-7-9-11-14/h7-11,13H,5-6,12H2,1-4H3,(H,17,20)/p+1/t13-/m1/s1. The smallest absolute Gasteiger partial charge is 0.284 e. The van der Waals surface area contributed by atoms with Gasteiger partial charge in [-0.1, -0.05) is 18.2 Å². The van der Waals surface area contributed by atoms with E-state index in [2.05, 4.69) is 5.32 Å². The van der Waals surface area contributed by atoms with E-state index in [0.717, 1.165) is 17.1 Å². The van der Waals surface area contributed by atoms with Crippen LogP contribution in [-0.2, 0) is 9.59 Å². The molecule has 0 saturated heterocycles. The predicted molar refractivity (Wildman–Crippen MR) is 84.4 cm³/mol. The average Bonchev–Trinajstić information content (AvgIpc) is 2.51.